The summed E-state index contributed by atoms with van der Waals surface area (Å²) in [6, 6.07) is 14.3. The van der Waals surface area contributed by atoms with E-state index >= 15 is 0 Å². The van der Waals surface area contributed by atoms with Gasteiger partial charge in [-0.15, -0.1) is 0 Å². The fraction of sp³-hybridized carbons (Fsp3) is 0.250. The van der Waals surface area contributed by atoms with E-state index in [1.807, 2.05) is 18.2 Å². The van der Waals surface area contributed by atoms with Crippen LogP contribution in [-0.2, 0) is 6.42 Å². The van der Waals surface area contributed by atoms with Gasteiger partial charge in [0, 0.05) is 6.04 Å². The molecule has 0 fully saturated rings. The van der Waals surface area contributed by atoms with Crippen molar-refractivity contribution in [2.45, 2.75) is 25.8 Å². The molecule has 0 aliphatic carbocycles. The van der Waals surface area contributed by atoms with E-state index in [0.717, 1.165) is 24.0 Å². The molecule has 0 saturated heterocycles. The Morgan fingerprint density at radius 3 is 2.16 bits per heavy atom. The van der Waals surface area contributed by atoms with Crippen LogP contribution in [0.3, 0.4) is 0 Å². The highest BCUT2D eigenvalue weighted by atomic mass is 35.5. The fourth-order valence-electron chi connectivity index (χ4n) is 1.96. The van der Waals surface area contributed by atoms with E-state index in [-0.39, 0.29) is 6.04 Å². The van der Waals surface area contributed by atoms with Gasteiger partial charge >= 0.3 is 0 Å². The topological polar surface area (TPSA) is 26.0 Å². The van der Waals surface area contributed by atoms with Gasteiger partial charge in [0.05, 0.1) is 10.0 Å². The summed E-state index contributed by atoms with van der Waals surface area (Å²) >= 11 is 12.0. The van der Waals surface area contributed by atoms with E-state index in [0.29, 0.717) is 10.0 Å². The lowest BCUT2D eigenvalue weighted by Gasteiger charge is -2.09. The first kappa shape index (κ1) is 14.4. The summed E-state index contributed by atoms with van der Waals surface area (Å²) in [5.74, 6) is 0. The summed E-state index contributed by atoms with van der Waals surface area (Å²) in [4.78, 5) is 0. The Labute approximate surface area is 124 Å². The molecule has 0 amide bonds. The summed E-state index contributed by atoms with van der Waals surface area (Å²) in [5, 5.41) is 1.16. The Morgan fingerprint density at radius 2 is 1.58 bits per heavy atom. The summed E-state index contributed by atoms with van der Waals surface area (Å²) in [7, 11) is 0. The minimum Gasteiger partial charge on any atom is -0.327 e. The SMILES string of the molecule is CCC(N)Cc1ccc(-c2ccc(Cl)c(Cl)c2)cc1. The molecule has 1 atom stereocenters. The van der Waals surface area contributed by atoms with Crippen molar-refractivity contribution in [1.29, 1.82) is 0 Å². The summed E-state index contributed by atoms with van der Waals surface area (Å²) in [6.07, 6.45) is 1.91. The molecule has 0 saturated carbocycles. The second-order valence-corrected chi connectivity index (χ2v) is 5.51. The van der Waals surface area contributed by atoms with Crippen molar-refractivity contribution < 1.29 is 0 Å². The molecular weight excluding hydrogens is 277 g/mol. The van der Waals surface area contributed by atoms with Gasteiger partial charge in [0.2, 0.25) is 0 Å². The zero-order valence-corrected chi connectivity index (χ0v) is 12.4. The number of hydrogen-bond acceptors (Lipinski definition) is 1. The molecule has 0 aromatic heterocycles. The number of nitrogens with two attached hydrogens (primary N) is 1. The number of rotatable bonds is 4. The molecule has 1 nitrogen and oxygen atoms in total. The van der Waals surface area contributed by atoms with Crippen molar-refractivity contribution in [3.05, 3.63) is 58.1 Å². The lowest BCUT2D eigenvalue weighted by molar-refractivity contribution is 0.646. The molecule has 2 aromatic rings. The molecular formula is C16H17Cl2N. The van der Waals surface area contributed by atoms with Crippen LogP contribution in [0.25, 0.3) is 11.1 Å². The molecule has 0 spiro atoms. The van der Waals surface area contributed by atoms with E-state index in [4.69, 9.17) is 28.9 Å². The van der Waals surface area contributed by atoms with Crippen molar-refractivity contribution in [2.75, 3.05) is 0 Å². The predicted molar refractivity (Wildman–Crippen MR) is 83.9 cm³/mol. The maximum Gasteiger partial charge on any atom is 0.0598 e. The molecule has 19 heavy (non-hydrogen) atoms. The van der Waals surface area contributed by atoms with Gasteiger partial charge in [-0.25, -0.2) is 0 Å². The number of hydrogen-bond donors (Lipinski definition) is 1. The smallest absolute Gasteiger partial charge is 0.0598 e. The Morgan fingerprint density at radius 1 is 0.947 bits per heavy atom. The van der Waals surface area contributed by atoms with E-state index in [2.05, 4.69) is 31.2 Å². The first-order valence-electron chi connectivity index (χ1n) is 6.40. The largest absolute Gasteiger partial charge is 0.327 e. The molecule has 100 valence electrons. The normalized spacial score (nSPS) is 12.4. The highest BCUT2D eigenvalue weighted by Gasteiger charge is 2.04. The highest BCUT2D eigenvalue weighted by molar-refractivity contribution is 6.42. The average Bonchev–Trinajstić information content (AvgIpc) is 2.42. The lowest BCUT2D eigenvalue weighted by Crippen LogP contribution is -2.21. The monoisotopic (exact) mass is 293 g/mol. The maximum absolute atomic E-state index is 6.03. The van der Waals surface area contributed by atoms with Crippen LogP contribution in [0.2, 0.25) is 10.0 Å². The molecule has 2 rings (SSSR count). The third kappa shape index (κ3) is 3.73. The molecule has 0 bridgehead atoms. The molecule has 0 aliphatic heterocycles. The lowest BCUT2D eigenvalue weighted by atomic mass is 10.0. The second-order valence-electron chi connectivity index (χ2n) is 4.70. The maximum atomic E-state index is 6.03. The highest BCUT2D eigenvalue weighted by Crippen LogP contribution is 2.28. The zero-order chi connectivity index (χ0) is 13.8. The van der Waals surface area contributed by atoms with Crippen LogP contribution >= 0.6 is 23.2 Å². The van der Waals surface area contributed by atoms with Crippen LogP contribution < -0.4 is 5.73 Å². The number of benzene rings is 2. The molecule has 0 radical (unpaired) electrons. The molecule has 2 aromatic carbocycles. The summed E-state index contributed by atoms with van der Waals surface area (Å²) in [6.45, 7) is 2.11. The van der Waals surface area contributed by atoms with Crippen LogP contribution in [0.4, 0.5) is 0 Å². The minimum atomic E-state index is 0.232. The van der Waals surface area contributed by atoms with Gasteiger partial charge in [0.25, 0.3) is 0 Å². The minimum absolute atomic E-state index is 0.232. The second kappa shape index (κ2) is 6.42. The van der Waals surface area contributed by atoms with E-state index in [9.17, 15) is 0 Å². The van der Waals surface area contributed by atoms with Crippen LogP contribution in [0.1, 0.15) is 18.9 Å². The Kier molecular flexibility index (Phi) is 4.87. The van der Waals surface area contributed by atoms with Gasteiger partial charge in [-0.05, 0) is 41.7 Å². The van der Waals surface area contributed by atoms with Gasteiger partial charge in [-0.2, -0.15) is 0 Å². The molecule has 3 heteroatoms. The predicted octanol–water partition coefficient (Wildman–Crippen LogP) is 4.94. The quantitative estimate of drug-likeness (QED) is 0.849. The Balaban J connectivity index is 2.20. The summed E-state index contributed by atoms with van der Waals surface area (Å²) in [5.41, 5.74) is 9.42. The third-order valence-electron chi connectivity index (χ3n) is 3.23. The molecule has 1 unspecified atom stereocenters. The average molecular weight is 294 g/mol. The van der Waals surface area contributed by atoms with Crippen molar-refractivity contribution in [3.63, 3.8) is 0 Å². The first-order chi connectivity index (χ1) is 9.10. The van der Waals surface area contributed by atoms with Crippen molar-refractivity contribution >= 4 is 23.2 Å². The van der Waals surface area contributed by atoms with Gasteiger partial charge < -0.3 is 5.73 Å². The summed E-state index contributed by atoms with van der Waals surface area (Å²) < 4.78 is 0. The van der Waals surface area contributed by atoms with Crippen LogP contribution in [-0.4, -0.2) is 6.04 Å². The fourth-order valence-corrected chi connectivity index (χ4v) is 2.25. The van der Waals surface area contributed by atoms with E-state index in [1.165, 1.54) is 5.56 Å². The van der Waals surface area contributed by atoms with Gasteiger partial charge in [0.15, 0.2) is 0 Å². The molecule has 0 heterocycles. The number of halogens is 2. The van der Waals surface area contributed by atoms with Crippen LogP contribution in [0, 0.1) is 0 Å². The van der Waals surface area contributed by atoms with E-state index in [1.54, 1.807) is 0 Å². The Hall–Kier alpha value is -1.02. The van der Waals surface area contributed by atoms with Gasteiger partial charge in [-0.1, -0.05) is 60.5 Å². The standard InChI is InChI=1S/C16H17Cl2N/c1-2-14(19)9-11-3-5-12(6-4-11)13-7-8-15(17)16(18)10-13/h3-8,10,14H,2,9,19H2,1H3. The van der Waals surface area contributed by atoms with Gasteiger partial charge in [0.1, 0.15) is 0 Å². The third-order valence-corrected chi connectivity index (χ3v) is 3.97. The van der Waals surface area contributed by atoms with E-state index < -0.39 is 0 Å². The van der Waals surface area contributed by atoms with Crippen LogP contribution in [0.5, 0.6) is 0 Å². The van der Waals surface area contributed by atoms with Crippen LogP contribution in [0.15, 0.2) is 42.5 Å². The van der Waals surface area contributed by atoms with Crippen molar-refractivity contribution in [3.8, 4) is 11.1 Å². The first-order valence-corrected chi connectivity index (χ1v) is 7.15. The molecule has 2 N–H and O–H groups in total. The Bertz CT molecular complexity index is 549. The molecule has 0 aliphatic rings. The van der Waals surface area contributed by atoms with Gasteiger partial charge in [-0.3, -0.25) is 0 Å². The van der Waals surface area contributed by atoms with Crippen molar-refractivity contribution in [1.82, 2.24) is 0 Å². The zero-order valence-electron chi connectivity index (χ0n) is 10.9. The van der Waals surface area contributed by atoms with Crippen molar-refractivity contribution in [2.24, 2.45) is 5.73 Å².